The number of fused-ring (bicyclic) bond motifs is 1. The lowest BCUT2D eigenvalue weighted by atomic mass is 9.74. The van der Waals surface area contributed by atoms with E-state index in [2.05, 4.69) is 30.7 Å². The van der Waals surface area contributed by atoms with Gasteiger partial charge in [-0.3, -0.25) is 0 Å². The highest BCUT2D eigenvalue weighted by Crippen LogP contribution is 2.39. The Morgan fingerprint density at radius 3 is 2.86 bits per heavy atom. The maximum Gasteiger partial charge on any atom is 0.0700 e. The molecule has 21 heavy (non-hydrogen) atoms. The number of aryl methyl sites for hydroxylation is 1. The molecule has 1 heterocycles. The van der Waals surface area contributed by atoms with Crippen LogP contribution in [0, 0.1) is 5.41 Å². The third kappa shape index (κ3) is 4.56. The van der Waals surface area contributed by atoms with Crippen molar-refractivity contribution in [2.45, 2.75) is 52.1 Å². The van der Waals surface area contributed by atoms with E-state index < -0.39 is 0 Å². The van der Waals surface area contributed by atoms with Crippen LogP contribution in [-0.2, 0) is 22.4 Å². The Labute approximate surface area is 128 Å². The van der Waals surface area contributed by atoms with E-state index in [1.807, 2.05) is 0 Å². The second kappa shape index (κ2) is 7.43. The lowest BCUT2D eigenvalue weighted by Crippen LogP contribution is -2.30. The molecule has 1 aliphatic carbocycles. The van der Waals surface area contributed by atoms with Gasteiger partial charge < -0.3 is 19.8 Å². The first-order valence-corrected chi connectivity index (χ1v) is 8.04. The zero-order chi connectivity index (χ0) is 15.3. The molecule has 0 radical (unpaired) electrons. The van der Waals surface area contributed by atoms with E-state index >= 15 is 0 Å². The minimum absolute atomic E-state index is 0.197. The van der Waals surface area contributed by atoms with Crippen LogP contribution in [0.2, 0.25) is 0 Å². The third-order valence-corrected chi connectivity index (χ3v) is 4.30. The zero-order valence-corrected chi connectivity index (χ0v) is 13.7. The maximum absolute atomic E-state index is 6.31. The fourth-order valence-electron chi connectivity index (χ4n) is 3.23. The highest BCUT2D eigenvalue weighted by Gasteiger charge is 2.32. The fourth-order valence-corrected chi connectivity index (χ4v) is 3.23. The number of unbranched alkanes of at least 4 members (excludes halogenated alkanes) is 1. The Hall–Kier alpha value is -0.840. The minimum Gasteiger partial charge on any atom is -0.382 e. The molecule has 0 amide bonds. The summed E-state index contributed by atoms with van der Waals surface area (Å²) >= 11 is 0. The van der Waals surface area contributed by atoms with Gasteiger partial charge in [0.2, 0.25) is 0 Å². The smallest absolute Gasteiger partial charge is 0.0700 e. The van der Waals surface area contributed by atoms with Crippen LogP contribution in [0.25, 0.3) is 0 Å². The van der Waals surface area contributed by atoms with Gasteiger partial charge in [-0.25, -0.2) is 0 Å². The molecule has 120 valence electrons. The van der Waals surface area contributed by atoms with Gasteiger partial charge in [0, 0.05) is 38.2 Å². The molecule has 1 aliphatic rings. The van der Waals surface area contributed by atoms with Gasteiger partial charge in [0.25, 0.3) is 0 Å². The van der Waals surface area contributed by atoms with Crippen molar-refractivity contribution in [3.8, 4) is 0 Å². The monoisotopic (exact) mass is 294 g/mol. The summed E-state index contributed by atoms with van der Waals surface area (Å²) in [6.45, 7) is 7.88. The van der Waals surface area contributed by atoms with E-state index in [4.69, 9.17) is 15.2 Å². The Bertz CT molecular complexity index is 440. The molecule has 1 unspecified atom stereocenters. The predicted molar refractivity (Wildman–Crippen MR) is 85.4 cm³/mol. The largest absolute Gasteiger partial charge is 0.382 e. The van der Waals surface area contributed by atoms with Crippen molar-refractivity contribution in [3.63, 3.8) is 0 Å². The van der Waals surface area contributed by atoms with Crippen molar-refractivity contribution in [1.82, 2.24) is 4.57 Å². The van der Waals surface area contributed by atoms with Gasteiger partial charge in [0.1, 0.15) is 0 Å². The van der Waals surface area contributed by atoms with Crippen LogP contribution < -0.4 is 5.73 Å². The highest BCUT2D eigenvalue weighted by molar-refractivity contribution is 5.30. The molecular weight excluding hydrogens is 264 g/mol. The molecule has 0 spiro atoms. The van der Waals surface area contributed by atoms with Crippen molar-refractivity contribution >= 4 is 0 Å². The Morgan fingerprint density at radius 1 is 1.29 bits per heavy atom. The van der Waals surface area contributed by atoms with Crippen LogP contribution in [0.4, 0.5) is 0 Å². The molecule has 4 heteroatoms. The summed E-state index contributed by atoms with van der Waals surface area (Å²) in [4.78, 5) is 0. The van der Waals surface area contributed by atoms with E-state index in [0.717, 1.165) is 38.8 Å². The van der Waals surface area contributed by atoms with Gasteiger partial charge in [0.05, 0.1) is 13.2 Å². The average Bonchev–Trinajstić information content (AvgIpc) is 2.79. The lowest BCUT2D eigenvalue weighted by Gasteiger charge is -2.34. The molecule has 2 N–H and O–H groups in total. The molecule has 4 nitrogen and oxygen atoms in total. The molecular formula is C17H30N2O2. The lowest BCUT2D eigenvalue weighted by molar-refractivity contribution is 0.0684. The van der Waals surface area contributed by atoms with E-state index in [9.17, 15) is 0 Å². The Balaban J connectivity index is 1.80. The van der Waals surface area contributed by atoms with Crippen LogP contribution >= 0.6 is 0 Å². The first-order chi connectivity index (χ1) is 10.0. The van der Waals surface area contributed by atoms with Gasteiger partial charge in [-0.05, 0) is 42.7 Å². The Morgan fingerprint density at radius 2 is 2.10 bits per heavy atom. The van der Waals surface area contributed by atoms with Crippen molar-refractivity contribution in [1.29, 1.82) is 0 Å². The predicted octanol–water partition coefficient (Wildman–Crippen LogP) is 2.90. The topological polar surface area (TPSA) is 49.4 Å². The Kier molecular flexibility index (Phi) is 5.85. The number of methoxy groups -OCH3 is 1. The van der Waals surface area contributed by atoms with Gasteiger partial charge in [-0.2, -0.15) is 0 Å². The number of hydrogen-bond donors (Lipinski definition) is 1. The summed E-state index contributed by atoms with van der Waals surface area (Å²) in [6, 6.07) is 2.41. The number of rotatable bonds is 8. The molecule has 0 fully saturated rings. The standard InChI is InChI=1S/C17H30N2O2/c1-17(2)12-15(18)14-6-8-19(16(14)13-17)7-4-5-9-21-11-10-20-3/h6,8,15H,4-5,7,9-13,18H2,1-3H3. The first-order valence-electron chi connectivity index (χ1n) is 8.04. The molecule has 0 saturated heterocycles. The average molecular weight is 294 g/mol. The van der Waals surface area contributed by atoms with Crippen molar-refractivity contribution in [2.24, 2.45) is 11.1 Å². The molecule has 0 aliphatic heterocycles. The van der Waals surface area contributed by atoms with Gasteiger partial charge in [0.15, 0.2) is 0 Å². The number of hydrogen-bond acceptors (Lipinski definition) is 3. The number of ether oxygens (including phenoxy) is 2. The normalized spacial score (nSPS) is 20.5. The van der Waals surface area contributed by atoms with E-state index in [1.165, 1.54) is 11.3 Å². The molecule has 1 aromatic rings. The van der Waals surface area contributed by atoms with Gasteiger partial charge >= 0.3 is 0 Å². The second-order valence-corrected chi connectivity index (χ2v) is 6.88. The second-order valence-electron chi connectivity index (χ2n) is 6.88. The zero-order valence-electron chi connectivity index (χ0n) is 13.7. The summed E-state index contributed by atoms with van der Waals surface area (Å²) in [5.41, 5.74) is 9.42. The van der Waals surface area contributed by atoms with Crippen LogP contribution in [-0.4, -0.2) is 31.5 Å². The first kappa shape index (κ1) is 16.5. The molecule has 1 aromatic heterocycles. The van der Waals surface area contributed by atoms with Gasteiger partial charge in [-0.1, -0.05) is 13.8 Å². The summed E-state index contributed by atoms with van der Waals surface area (Å²) in [7, 11) is 1.70. The van der Waals surface area contributed by atoms with Crippen LogP contribution in [0.1, 0.15) is 50.4 Å². The number of aromatic nitrogens is 1. The third-order valence-electron chi connectivity index (χ3n) is 4.30. The maximum atomic E-state index is 6.31. The van der Waals surface area contributed by atoms with Crippen molar-refractivity contribution < 1.29 is 9.47 Å². The van der Waals surface area contributed by atoms with E-state index in [1.54, 1.807) is 7.11 Å². The summed E-state index contributed by atoms with van der Waals surface area (Å²) in [5, 5.41) is 0. The molecule has 2 rings (SSSR count). The molecule has 0 saturated carbocycles. The molecule has 0 bridgehead atoms. The van der Waals surface area contributed by atoms with Crippen LogP contribution in [0.15, 0.2) is 12.3 Å². The molecule has 1 atom stereocenters. The van der Waals surface area contributed by atoms with Gasteiger partial charge in [-0.15, -0.1) is 0 Å². The van der Waals surface area contributed by atoms with Crippen LogP contribution in [0.3, 0.4) is 0 Å². The molecule has 0 aromatic carbocycles. The summed E-state index contributed by atoms with van der Waals surface area (Å²) in [5.74, 6) is 0. The number of nitrogens with zero attached hydrogens (tertiary/aromatic N) is 1. The quantitative estimate of drug-likeness (QED) is 0.750. The fraction of sp³-hybridized carbons (Fsp3) is 0.765. The number of nitrogens with two attached hydrogens (primary N) is 1. The summed E-state index contributed by atoms with van der Waals surface area (Å²) < 4.78 is 12.9. The van der Waals surface area contributed by atoms with E-state index in [-0.39, 0.29) is 6.04 Å². The minimum atomic E-state index is 0.197. The van der Waals surface area contributed by atoms with Crippen molar-refractivity contribution in [3.05, 3.63) is 23.5 Å². The summed E-state index contributed by atoms with van der Waals surface area (Å²) in [6.07, 6.45) is 6.65. The SMILES string of the molecule is COCCOCCCCn1ccc2c1CC(C)(C)CC2N. The van der Waals surface area contributed by atoms with E-state index in [0.29, 0.717) is 18.6 Å². The van der Waals surface area contributed by atoms with Crippen molar-refractivity contribution in [2.75, 3.05) is 26.9 Å². The van der Waals surface area contributed by atoms with Crippen LogP contribution in [0.5, 0.6) is 0 Å². The highest BCUT2D eigenvalue weighted by atomic mass is 16.5.